The Bertz CT molecular complexity index is 1090. The molecule has 1 heterocycles. The van der Waals surface area contributed by atoms with Crippen LogP contribution >= 0.6 is 15.9 Å². The van der Waals surface area contributed by atoms with Crippen molar-refractivity contribution in [1.29, 1.82) is 0 Å². The van der Waals surface area contributed by atoms with Crippen LogP contribution in [-0.4, -0.2) is 29.6 Å². The third kappa shape index (κ3) is 4.09. The average Bonchev–Trinajstić information content (AvgIpc) is 2.68. The lowest BCUT2D eigenvalue weighted by atomic mass is 10.2. The number of halogens is 1. The van der Waals surface area contributed by atoms with E-state index in [0.29, 0.717) is 34.8 Å². The van der Waals surface area contributed by atoms with Gasteiger partial charge < -0.3 is 9.47 Å². The summed E-state index contributed by atoms with van der Waals surface area (Å²) in [6, 6.07) is 11.0. The molecular weight excluding hydrogens is 422 g/mol. The molecule has 0 fully saturated rings. The van der Waals surface area contributed by atoms with E-state index >= 15 is 0 Å². The Morgan fingerprint density at radius 2 is 2.00 bits per heavy atom. The quantitative estimate of drug-likeness (QED) is 0.523. The van der Waals surface area contributed by atoms with Gasteiger partial charge in [-0.15, -0.1) is 0 Å². The van der Waals surface area contributed by atoms with E-state index in [1.807, 2.05) is 51.1 Å². The summed E-state index contributed by atoms with van der Waals surface area (Å²) in [6.07, 6.45) is 1.63. The van der Waals surface area contributed by atoms with Gasteiger partial charge in [0.25, 0.3) is 5.56 Å². The molecule has 7 heteroatoms. The number of rotatable bonds is 6. The SMILES string of the molecule is CCOc1cc(C=Nn2c(C(C)C)nc3ccc(Br)cc3c2=O)ccc1OC. The molecule has 28 heavy (non-hydrogen) atoms. The summed E-state index contributed by atoms with van der Waals surface area (Å²) in [5.41, 5.74) is 1.25. The highest BCUT2D eigenvalue weighted by Crippen LogP contribution is 2.27. The lowest BCUT2D eigenvalue weighted by Crippen LogP contribution is -2.23. The number of fused-ring (bicyclic) bond motifs is 1. The zero-order chi connectivity index (χ0) is 20.3. The predicted octanol–water partition coefficient (Wildman–Crippen LogP) is 4.57. The third-order valence-electron chi connectivity index (χ3n) is 4.16. The first-order chi connectivity index (χ1) is 13.4. The maximum absolute atomic E-state index is 13.0. The largest absolute Gasteiger partial charge is 0.493 e. The van der Waals surface area contributed by atoms with Crippen molar-refractivity contribution in [3.63, 3.8) is 0 Å². The Morgan fingerprint density at radius 1 is 1.21 bits per heavy atom. The summed E-state index contributed by atoms with van der Waals surface area (Å²) in [4.78, 5) is 17.7. The summed E-state index contributed by atoms with van der Waals surface area (Å²) in [6.45, 7) is 6.41. The van der Waals surface area contributed by atoms with Crippen LogP contribution in [0.3, 0.4) is 0 Å². The van der Waals surface area contributed by atoms with E-state index in [9.17, 15) is 4.79 Å². The van der Waals surface area contributed by atoms with E-state index in [2.05, 4.69) is 26.0 Å². The van der Waals surface area contributed by atoms with Crippen LogP contribution in [0.5, 0.6) is 11.5 Å². The Balaban J connectivity index is 2.10. The summed E-state index contributed by atoms with van der Waals surface area (Å²) >= 11 is 3.41. The minimum Gasteiger partial charge on any atom is -0.493 e. The Hall–Kier alpha value is -2.67. The van der Waals surface area contributed by atoms with E-state index in [0.717, 1.165) is 10.0 Å². The molecule has 0 atom stereocenters. The van der Waals surface area contributed by atoms with E-state index in [1.165, 1.54) is 4.68 Å². The van der Waals surface area contributed by atoms with Crippen molar-refractivity contribution in [3.8, 4) is 11.5 Å². The Morgan fingerprint density at radius 3 is 2.68 bits per heavy atom. The second kappa shape index (κ2) is 8.56. The molecule has 3 rings (SSSR count). The number of hydrogen-bond donors (Lipinski definition) is 0. The summed E-state index contributed by atoms with van der Waals surface area (Å²) < 4.78 is 13.1. The van der Waals surface area contributed by atoms with Crippen molar-refractivity contribution in [3.05, 3.63) is 62.6 Å². The molecule has 0 aliphatic rings. The molecule has 0 spiro atoms. The fraction of sp³-hybridized carbons (Fsp3) is 0.286. The second-order valence-corrected chi connectivity index (χ2v) is 7.41. The first-order valence-corrected chi connectivity index (χ1v) is 9.81. The number of hydrogen-bond acceptors (Lipinski definition) is 5. The van der Waals surface area contributed by atoms with Gasteiger partial charge >= 0.3 is 0 Å². The fourth-order valence-corrected chi connectivity index (χ4v) is 3.18. The van der Waals surface area contributed by atoms with Crippen molar-refractivity contribution in [1.82, 2.24) is 9.66 Å². The highest BCUT2D eigenvalue weighted by Gasteiger charge is 2.14. The zero-order valence-electron chi connectivity index (χ0n) is 16.3. The van der Waals surface area contributed by atoms with E-state index in [-0.39, 0.29) is 11.5 Å². The standard InChI is InChI=1S/C21H22BrN3O3/c1-5-28-19-10-14(6-9-18(19)27-4)12-23-25-20(13(2)3)24-17-8-7-15(22)11-16(17)21(25)26/h6-13H,5H2,1-4H3. The van der Waals surface area contributed by atoms with Crippen LogP contribution in [-0.2, 0) is 0 Å². The monoisotopic (exact) mass is 443 g/mol. The van der Waals surface area contributed by atoms with Gasteiger partial charge in [-0.1, -0.05) is 29.8 Å². The molecule has 0 radical (unpaired) electrons. The summed E-state index contributed by atoms with van der Waals surface area (Å²) in [5, 5.41) is 4.95. The maximum atomic E-state index is 13.0. The highest BCUT2D eigenvalue weighted by molar-refractivity contribution is 9.10. The van der Waals surface area contributed by atoms with Gasteiger partial charge in [0.1, 0.15) is 5.82 Å². The van der Waals surface area contributed by atoms with Gasteiger partial charge in [0.2, 0.25) is 0 Å². The summed E-state index contributed by atoms with van der Waals surface area (Å²) in [5.74, 6) is 1.92. The van der Waals surface area contributed by atoms with Gasteiger partial charge in [0.05, 0.1) is 30.8 Å². The second-order valence-electron chi connectivity index (χ2n) is 6.49. The molecule has 0 saturated carbocycles. The number of aromatic nitrogens is 2. The first kappa shape index (κ1) is 20.1. The van der Waals surface area contributed by atoms with Gasteiger partial charge in [-0.2, -0.15) is 9.78 Å². The first-order valence-electron chi connectivity index (χ1n) is 9.02. The van der Waals surface area contributed by atoms with Gasteiger partial charge in [0.15, 0.2) is 11.5 Å². The van der Waals surface area contributed by atoms with Gasteiger partial charge in [-0.25, -0.2) is 4.98 Å². The topological polar surface area (TPSA) is 65.7 Å². The van der Waals surface area contributed by atoms with Gasteiger partial charge in [-0.3, -0.25) is 4.79 Å². The normalized spacial score (nSPS) is 11.5. The maximum Gasteiger partial charge on any atom is 0.282 e. The molecule has 0 aliphatic carbocycles. The number of methoxy groups -OCH3 is 1. The van der Waals surface area contributed by atoms with Crippen LogP contribution in [0.15, 0.2) is 50.8 Å². The number of ether oxygens (including phenoxy) is 2. The van der Waals surface area contributed by atoms with Crippen LogP contribution < -0.4 is 15.0 Å². The minimum absolute atomic E-state index is 0.0350. The molecule has 1 aromatic heterocycles. The van der Waals surface area contributed by atoms with Crippen LogP contribution in [0, 0.1) is 0 Å². The zero-order valence-corrected chi connectivity index (χ0v) is 17.9. The summed E-state index contributed by atoms with van der Waals surface area (Å²) in [7, 11) is 1.60. The van der Waals surface area contributed by atoms with Crippen molar-refractivity contribution >= 4 is 33.0 Å². The molecular formula is C21H22BrN3O3. The van der Waals surface area contributed by atoms with Crippen molar-refractivity contribution in [2.24, 2.45) is 5.10 Å². The number of benzene rings is 2. The molecule has 0 unspecified atom stereocenters. The van der Waals surface area contributed by atoms with Crippen LogP contribution in [0.1, 0.15) is 38.1 Å². The lowest BCUT2D eigenvalue weighted by Gasteiger charge is -2.12. The smallest absolute Gasteiger partial charge is 0.282 e. The third-order valence-corrected chi connectivity index (χ3v) is 4.65. The fourth-order valence-electron chi connectivity index (χ4n) is 2.82. The van der Waals surface area contributed by atoms with E-state index < -0.39 is 0 Å². The van der Waals surface area contributed by atoms with Crippen LogP contribution in [0.25, 0.3) is 10.9 Å². The Labute approximate surface area is 171 Å². The van der Waals surface area contributed by atoms with Crippen LogP contribution in [0.4, 0.5) is 0 Å². The Kier molecular flexibility index (Phi) is 6.14. The molecule has 3 aromatic rings. The molecule has 0 aliphatic heterocycles. The van der Waals surface area contributed by atoms with Gasteiger partial charge in [0, 0.05) is 10.4 Å². The molecule has 6 nitrogen and oxygen atoms in total. The van der Waals surface area contributed by atoms with E-state index in [1.54, 1.807) is 19.4 Å². The highest BCUT2D eigenvalue weighted by atomic mass is 79.9. The van der Waals surface area contributed by atoms with Crippen molar-refractivity contribution < 1.29 is 9.47 Å². The molecule has 0 saturated heterocycles. The molecule has 146 valence electrons. The van der Waals surface area contributed by atoms with Crippen LogP contribution in [0.2, 0.25) is 0 Å². The molecule has 2 aromatic carbocycles. The van der Waals surface area contributed by atoms with E-state index in [4.69, 9.17) is 9.47 Å². The lowest BCUT2D eigenvalue weighted by molar-refractivity contribution is 0.311. The van der Waals surface area contributed by atoms with Crippen molar-refractivity contribution in [2.75, 3.05) is 13.7 Å². The molecule has 0 amide bonds. The average molecular weight is 444 g/mol. The minimum atomic E-state index is -0.204. The van der Waals surface area contributed by atoms with Gasteiger partial charge in [-0.05, 0) is 48.9 Å². The van der Waals surface area contributed by atoms with Crippen molar-refractivity contribution in [2.45, 2.75) is 26.7 Å². The molecule has 0 bridgehead atoms. The predicted molar refractivity (Wildman–Crippen MR) is 115 cm³/mol. The molecule has 0 N–H and O–H groups in total. The number of nitrogens with zero attached hydrogens (tertiary/aromatic N) is 3.